The second-order valence-electron chi connectivity index (χ2n) is 33.6. The Morgan fingerprint density at radius 3 is 0.951 bits per heavy atom. The Kier molecular flexibility index (Phi) is 36.7. The highest BCUT2D eigenvalue weighted by Gasteiger charge is 2.52. The summed E-state index contributed by atoms with van der Waals surface area (Å²) in [6, 6.07) is 81.5. The number of para-hydroxylation sites is 1. The maximum absolute atomic E-state index is 13.0. The Morgan fingerprint density at radius 2 is 0.627 bits per heavy atom. The highest BCUT2D eigenvalue weighted by atomic mass is 19.1. The second-order valence-corrected chi connectivity index (χ2v) is 33.6. The Hall–Kier alpha value is -16.3. The van der Waals surface area contributed by atoms with E-state index in [0.29, 0.717) is 123 Å². The van der Waals surface area contributed by atoms with Gasteiger partial charge in [0, 0.05) is 119 Å². The quantitative estimate of drug-likeness (QED) is 0.0153. The molecule has 0 radical (unpaired) electrons. The number of aromatic nitrogens is 5. The molecule has 142 heavy (non-hydrogen) atoms. The van der Waals surface area contributed by atoms with Gasteiger partial charge in [-0.3, -0.25) is 24.0 Å². The first-order valence-electron chi connectivity index (χ1n) is 44.7. The molecule has 1 aliphatic rings. The molecule has 5 aromatic heterocycles. The van der Waals surface area contributed by atoms with E-state index in [4.69, 9.17) is 9.31 Å². The number of nitrogens with zero attached hydrogens (tertiary/aromatic N) is 8. The van der Waals surface area contributed by atoms with Gasteiger partial charge >= 0.3 is 28.3 Å². The minimum atomic E-state index is -1.55. The number of amides is 5. The summed E-state index contributed by atoms with van der Waals surface area (Å²) in [5, 5.41) is 77.0. The third kappa shape index (κ3) is 30.6. The maximum atomic E-state index is 13.0. The molecule has 5 amide bonds. The molecule has 722 valence electrons. The number of nitrogens with one attached hydrogen (secondary N) is 7. The second kappa shape index (κ2) is 49.8. The molecule has 0 atom stereocenters. The number of hydrogen-bond acceptors (Lipinski definition) is 23. The van der Waals surface area contributed by atoms with E-state index >= 15 is 0 Å². The number of hydrogen-bond donors (Lipinski definition) is 13. The van der Waals surface area contributed by atoms with Crippen LogP contribution >= 0.6 is 0 Å². The van der Waals surface area contributed by atoms with E-state index < -0.39 is 39.5 Å². The molecule has 1 saturated heterocycles. The summed E-state index contributed by atoms with van der Waals surface area (Å²) >= 11 is 0. The van der Waals surface area contributed by atoms with Crippen molar-refractivity contribution in [3.05, 3.63) is 419 Å². The summed E-state index contributed by atoms with van der Waals surface area (Å²) in [5.41, 5.74) is 10.8. The molecule has 6 heterocycles. The molecule has 13 N–H and O–H groups in total. The topological polar surface area (TPSA) is 384 Å². The van der Waals surface area contributed by atoms with Crippen LogP contribution in [0.3, 0.4) is 0 Å². The van der Waals surface area contributed by atoms with Crippen molar-refractivity contribution in [1.29, 1.82) is 0 Å². The zero-order valence-corrected chi connectivity index (χ0v) is 78.6. The zero-order chi connectivity index (χ0) is 102. The number of aromatic hydroxyl groups is 1. The van der Waals surface area contributed by atoms with E-state index in [2.05, 4.69) is 62.1 Å². The molecule has 28 nitrogen and oxygen atoms in total. The van der Waals surface area contributed by atoms with Crippen molar-refractivity contribution < 1.29 is 85.5 Å². The Balaban J connectivity index is 0.000000159. The lowest BCUT2D eigenvalue weighted by atomic mass is 9.64. The molecule has 16 rings (SSSR count). The molecule has 0 bridgehead atoms. The van der Waals surface area contributed by atoms with Crippen LogP contribution in [-0.2, 0) is 42.0 Å². The van der Waals surface area contributed by atoms with Crippen molar-refractivity contribution in [2.45, 2.75) is 78.4 Å². The first kappa shape index (κ1) is 105. The number of phenolic OH excluding ortho intramolecular Hbond substituents is 1. The molecule has 0 spiro atoms. The maximum Gasteiger partial charge on any atom is 0.495 e. The molecular weight excluding hydrogens is 1820 g/mol. The van der Waals surface area contributed by atoms with Gasteiger partial charge in [-0.15, -0.1) is 0 Å². The van der Waals surface area contributed by atoms with E-state index in [1.54, 1.807) is 116 Å². The fourth-order valence-corrected chi connectivity index (χ4v) is 13.9. The van der Waals surface area contributed by atoms with Crippen LogP contribution in [0.2, 0.25) is 6.82 Å². The largest absolute Gasteiger partial charge is 0.508 e. The van der Waals surface area contributed by atoms with Crippen LogP contribution in [0.25, 0.3) is 0 Å². The van der Waals surface area contributed by atoms with Gasteiger partial charge in [0.2, 0.25) is 0 Å². The number of benzene rings is 10. The average Bonchev–Trinajstić information content (AvgIpc) is 1.62. The Morgan fingerprint density at radius 1 is 0.338 bits per heavy atom. The van der Waals surface area contributed by atoms with E-state index in [9.17, 15) is 76.2 Å². The smallest absolute Gasteiger partial charge is 0.495 e. The number of carbonyl (C=O) groups excluding carboxylic acids is 5. The molecule has 37 heteroatoms. The van der Waals surface area contributed by atoms with Crippen LogP contribution in [0.15, 0.2) is 334 Å². The lowest BCUT2D eigenvalue weighted by Gasteiger charge is -2.32. The molecule has 15 aromatic rings. The normalized spacial score (nSPS) is 11.8. The van der Waals surface area contributed by atoms with Crippen molar-refractivity contribution in [2.75, 3.05) is 73.1 Å². The SMILES string of the molecule is CB(O)c1ccc(CN(C)c2ccc(C(=O)Nc3ccc(F)cc3)cn2)cc1.CC1(C)OB(c2ccccc2CNc2ccc(C(=O)Nc3ccc(F)cc3)cn2)OC1(C)C.CN(Cc1ccccc1B(O)O)c1ccc(C(=O)Nc2ccc(F)cc2)cn1.CN(Cc1ccccc1O)c1ccc(C(=O)Nc2ccc(F)cc2)cn1.O=C(Nc1ccc(F)cc1)c1ccc(NCc2ccccc2B(O)O)nc1. The lowest BCUT2D eigenvalue weighted by molar-refractivity contribution is 0.00578. The first-order chi connectivity index (χ1) is 68.0. The van der Waals surface area contributed by atoms with Gasteiger partial charge in [0.1, 0.15) is 63.9 Å². The van der Waals surface area contributed by atoms with Crippen molar-refractivity contribution in [2.24, 2.45) is 0 Å². The number of phenols is 1. The molecule has 1 aliphatic heterocycles. The van der Waals surface area contributed by atoms with Crippen LogP contribution in [0.4, 0.5) is 79.5 Å². The summed E-state index contributed by atoms with van der Waals surface area (Å²) < 4.78 is 77.1. The number of halogens is 5. The van der Waals surface area contributed by atoms with Gasteiger partial charge in [-0.1, -0.05) is 122 Å². The molecule has 0 unspecified atom stereocenters. The molecular formula is C105H102B4F5N15O13. The Labute approximate surface area is 819 Å². The van der Waals surface area contributed by atoms with Gasteiger partial charge < -0.3 is 91.5 Å². The van der Waals surface area contributed by atoms with Gasteiger partial charge in [0.15, 0.2) is 0 Å². The van der Waals surface area contributed by atoms with Gasteiger partial charge in [-0.25, -0.2) is 46.9 Å². The number of pyridine rings is 5. The van der Waals surface area contributed by atoms with Crippen LogP contribution in [-0.4, -0.2) is 145 Å². The van der Waals surface area contributed by atoms with E-state index in [1.165, 1.54) is 152 Å². The van der Waals surface area contributed by atoms with Gasteiger partial charge in [-0.05, 0) is 260 Å². The standard InChI is InChI=1S/C25H27BFN3O3.C21H21BFN3O2.C20H19BFN3O3.C20H18FN3O2.C19H17BFN3O3/c1-24(2)25(3,4)33-26(32-24)21-8-6-5-7-17(21)15-28-22-14-9-18(16-29-22)23(31)30-20-12-10-19(27)11-13-20;1-22(28)17-6-3-15(4-7-17)14-26(2)20-12-5-16(13-24-20)21(27)25-19-10-8-18(23)9-11-19;1-25(13-15-4-2-3-5-18(15)21(27)28)19-11-6-14(12-23-19)20(26)24-17-9-7-16(22)8-10-17;1-24(13-15-4-2-3-5-18(15)25)19-11-6-14(12-22-19)20(26)23-17-9-7-16(21)8-10-17;21-15-6-8-16(9-7-15)24-19(25)14-5-10-18(23-12-14)22-11-13-3-1-2-4-17(13)20(26)27/h5-14,16H,15H2,1-4H3,(H,28,29)(H,30,31);3-13,28H,14H2,1-2H3,(H,25,27);2-12,27-28H,13H2,1H3,(H,24,26);2-12,25H,13H2,1H3,(H,23,26);1-10,12,26-27H,11H2,(H,22,23)(H,24,25). The summed E-state index contributed by atoms with van der Waals surface area (Å²) in [6.07, 6.45) is 7.38. The van der Waals surface area contributed by atoms with Gasteiger partial charge in [-0.2, -0.15) is 0 Å². The molecule has 0 aliphatic carbocycles. The highest BCUT2D eigenvalue weighted by molar-refractivity contribution is 6.65. The zero-order valence-electron chi connectivity index (χ0n) is 78.6. The van der Waals surface area contributed by atoms with E-state index in [-0.39, 0.29) is 64.4 Å². The van der Waals surface area contributed by atoms with Crippen molar-refractivity contribution in [1.82, 2.24) is 24.9 Å². The van der Waals surface area contributed by atoms with Crippen LogP contribution in [0.1, 0.15) is 107 Å². The molecule has 10 aromatic carbocycles. The minimum Gasteiger partial charge on any atom is -0.508 e. The number of rotatable bonds is 29. The fourth-order valence-electron chi connectivity index (χ4n) is 13.9. The molecule has 1 fully saturated rings. The highest BCUT2D eigenvalue weighted by Crippen LogP contribution is 2.37. The third-order valence-corrected chi connectivity index (χ3v) is 22.6. The predicted octanol–water partition coefficient (Wildman–Crippen LogP) is 14.7. The monoisotopic (exact) mass is 1920 g/mol. The van der Waals surface area contributed by atoms with Crippen LogP contribution in [0, 0.1) is 29.1 Å². The average molecular weight is 1920 g/mol. The Bertz CT molecular complexity index is 6680. The third-order valence-electron chi connectivity index (χ3n) is 22.6. The van der Waals surface area contributed by atoms with E-state index in [1.807, 2.05) is 136 Å². The van der Waals surface area contributed by atoms with Crippen molar-refractivity contribution >= 4 is 137 Å². The van der Waals surface area contributed by atoms with E-state index in [0.717, 1.165) is 44.6 Å². The lowest BCUT2D eigenvalue weighted by Crippen LogP contribution is -2.41. The van der Waals surface area contributed by atoms with Gasteiger partial charge in [0.05, 0.1) is 39.0 Å². The summed E-state index contributed by atoms with van der Waals surface area (Å²) in [5.74, 6) is -0.0152. The number of carbonyl (C=O) groups is 5. The van der Waals surface area contributed by atoms with Crippen LogP contribution < -0.4 is 73.8 Å². The minimum absolute atomic E-state index is 0.231. The van der Waals surface area contributed by atoms with Crippen LogP contribution in [0.5, 0.6) is 5.75 Å². The van der Waals surface area contributed by atoms with Crippen molar-refractivity contribution in [3.8, 4) is 5.75 Å². The first-order valence-corrected chi connectivity index (χ1v) is 44.7. The van der Waals surface area contributed by atoms with Gasteiger partial charge in [0.25, 0.3) is 29.5 Å². The fraction of sp³-hybridized carbons (Fsp3) is 0.143. The summed E-state index contributed by atoms with van der Waals surface area (Å²) in [4.78, 5) is 88.6. The predicted molar refractivity (Wildman–Crippen MR) is 547 cm³/mol. The van der Waals surface area contributed by atoms with Crippen molar-refractivity contribution in [3.63, 3.8) is 0 Å². The summed E-state index contributed by atoms with van der Waals surface area (Å²) in [6.45, 7) is 11.8. The molecule has 0 saturated carbocycles. The summed E-state index contributed by atoms with van der Waals surface area (Å²) in [7, 11) is 2.05. The number of anilines is 10.